The minimum atomic E-state index is -4.62. The van der Waals surface area contributed by atoms with E-state index in [9.17, 15) is 27.6 Å². The second kappa shape index (κ2) is 10.9. The molecule has 3 aromatic heterocycles. The van der Waals surface area contributed by atoms with E-state index in [1.54, 1.807) is 37.4 Å². The van der Waals surface area contributed by atoms with E-state index in [1.807, 2.05) is 24.8 Å². The van der Waals surface area contributed by atoms with Gasteiger partial charge >= 0.3 is 11.9 Å². The molecule has 12 heteroatoms. The first-order valence-corrected chi connectivity index (χ1v) is 13.1. The van der Waals surface area contributed by atoms with Gasteiger partial charge < -0.3 is 4.90 Å². The van der Waals surface area contributed by atoms with Crippen LogP contribution in [0.25, 0.3) is 11.0 Å². The molecule has 0 bridgehead atoms. The molecule has 3 atom stereocenters. The molecule has 41 heavy (non-hydrogen) atoms. The Morgan fingerprint density at radius 2 is 1.78 bits per heavy atom. The molecule has 5 rings (SSSR count). The molecule has 0 aliphatic carbocycles. The van der Waals surface area contributed by atoms with Crippen molar-refractivity contribution in [2.75, 3.05) is 18.0 Å². The highest BCUT2D eigenvalue weighted by atomic mass is 19.4. The lowest BCUT2D eigenvalue weighted by Crippen LogP contribution is -2.59. The fraction of sp³-hybridized carbons (Fsp3) is 0.345. The van der Waals surface area contributed by atoms with Crippen LogP contribution in [0.3, 0.4) is 0 Å². The van der Waals surface area contributed by atoms with Crippen molar-refractivity contribution in [2.24, 2.45) is 7.05 Å². The monoisotopic (exact) mass is 565 g/mol. The van der Waals surface area contributed by atoms with Gasteiger partial charge in [0, 0.05) is 32.2 Å². The Bertz CT molecular complexity index is 1680. The number of anilines is 1. The third-order valence-corrected chi connectivity index (χ3v) is 7.54. The van der Waals surface area contributed by atoms with Crippen LogP contribution in [0, 0.1) is 17.1 Å². The van der Waals surface area contributed by atoms with Crippen LogP contribution in [0.4, 0.5) is 23.4 Å². The number of aromatic nitrogens is 4. The Labute approximate surface area is 233 Å². The average molecular weight is 566 g/mol. The maximum absolute atomic E-state index is 13.8. The second-order valence-electron chi connectivity index (χ2n) is 10.1. The zero-order valence-electron chi connectivity index (χ0n) is 22.6. The average Bonchev–Trinajstić information content (AvgIpc) is 2.96. The van der Waals surface area contributed by atoms with Crippen molar-refractivity contribution in [3.8, 4) is 6.07 Å². The van der Waals surface area contributed by atoms with E-state index in [1.165, 1.54) is 22.8 Å². The first-order valence-electron chi connectivity index (χ1n) is 13.1. The SMILES string of the molecule is CC[C@H]1CN(C(c2ccc(F)cc2)c2cccc(C(F)(F)F)n2)C(C)CN1c1nc(=O)n(C)c2ccc(C#N)nc12. The van der Waals surface area contributed by atoms with Gasteiger partial charge in [-0.2, -0.15) is 23.4 Å². The molecular weight excluding hydrogens is 538 g/mol. The molecule has 0 amide bonds. The van der Waals surface area contributed by atoms with Crippen LogP contribution in [0.2, 0.25) is 0 Å². The Morgan fingerprint density at radius 1 is 1.05 bits per heavy atom. The second-order valence-corrected chi connectivity index (χ2v) is 10.1. The molecule has 0 radical (unpaired) electrons. The smallest absolute Gasteiger partial charge is 0.349 e. The number of aryl methyl sites for hydroxylation is 1. The summed E-state index contributed by atoms with van der Waals surface area (Å²) in [5, 5.41) is 9.44. The number of benzene rings is 1. The molecule has 0 spiro atoms. The highest BCUT2D eigenvalue weighted by Crippen LogP contribution is 2.37. The summed E-state index contributed by atoms with van der Waals surface area (Å²) in [4.78, 5) is 29.6. The third-order valence-electron chi connectivity index (χ3n) is 7.54. The predicted molar refractivity (Wildman–Crippen MR) is 145 cm³/mol. The van der Waals surface area contributed by atoms with E-state index in [0.717, 1.165) is 6.07 Å². The quantitative estimate of drug-likeness (QED) is 0.320. The van der Waals surface area contributed by atoms with Crippen LogP contribution in [0.15, 0.2) is 59.4 Å². The minimum absolute atomic E-state index is 0.186. The van der Waals surface area contributed by atoms with Gasteiger partial charge in [-0.3, -0.25) is 9.47 Å². The van der Waals surface area contributed by atoms with Crippen molar-refractivity contribution >= 4 is 16.9 Å². The molecular formula is C29H27F4N7O. The molecule has 4 aromatic rings. The topological polar surface area (TPSA) is 90.9 Å². The van der Waals surface area contributed by atoms with E-state index in [2.05, 4.69) is 19.9 Å². The van der Waals surface area contributed by atoms with Gasteiger partial charge in [-0.1, -0.05) is 25.1 Å². The summed E-state index contributed by atoms with van der Waals surface area (Å²) in [7, 11) is 1.59. The Kier molecular flexibility index (Phi) is 7.48. The first-order chi connectivity index (χ1) is 19.5. The lowest BCUT2D eigenvalue weighted by atomic mass is 9.95. The summed E-state index contributed by atoms with van der Waals surface area (Å²) < 4.78 is 56.1. The summed E-state index contributed by atoms with van der Waals surface area (Å²) in [6.45, 7) is 4.65. The number of piperazine rings is 1. The number of hydrogen-bond donors (Lipinski definition) is 0. The molecule has 8 nitrogen and oxygen atoms in total. The summed E-state index contributed by atoms with van der Waals surface area (Å²) in [6.07, 6.45) is -4.01. The number of nitrogens with zero attached hydrogens (tertiary/aromatic N) is 7. The van der Waals surface area contributed by atoms with Crippen LogP contribution >= 0.6 is 0 Å². The molecule has 4 heterocycles. The Morgan fingerprint density at radius 3 is 2.44 bits per heavy atom. The van der Waals surface area contributed by atoms with Crippen molar-refractivity contribution in [1.29, 1.82) is 5.26 Å². The number of hydrogen-bond acceptors (Lipinski definition) is 7. The number of alkyl halides is 3. The van der Waals surface area contributed by atoms with Crippen molar-refractivity contribution in [3.05, 3.63) is 93.5 Å². The van der Waals surface area contributed by atoms with Gasteiger partial charge in [-0.25, -0.2) is 19.2 Å². The van der Waals surface area contributed by atoms with Crippen LogP contribution < -0.4 is 10.6 Å². The fourth-order valence-corrected chi connectivity index (χ4v) is 5.44. The van der Waals surface area contributed by atoms with Crippen molar-refractivity contribution in [1.82, 2.24) is 24.4 Å². The van der Waals surface area contributed by atoms with Gasteiger partial charge in [0.05, 0.1) is 17.3 Å². The van der Waals surface area contributed by atoms with Gasteiger partial charge in [0.25, 0.3) is 0 Å². The molecule has 1 aliphatic heterocycles. The predicted octanol–water partition coefficient (Wildman–Crippen LogP) is 4.83. The van der Waals surface area contributed by atoms with Gasteiger partial charge in [0.1, 0.15) is 28.8 Å². The van der Waals surface area contributed by atoms with E-state index in [-0.39, 0.29) is 23.5 Å². The standard InChI is InChI=1S/C29H27F4N7O/c1-4-21-16-39(26(18-8-10-19(30)11-9-18)22-6-5-7-24(36-22)29(31,32)33)17(2)15-40(21)27-25-23(38(3)28(41)37-27)13-12-20(14-34)35-25/h5-13,17,21,26H,4,15-16H2,1-3H3/t17?,21-,26?/m0/s1. The Hall–Kier alpha value is -4.37. The van der Waals surface area contributed by atoms with E-state index in [4.69, 9.17) is 0 Å². The highest BCUT2D eigenvalue weighted by molar-refractivity contribution is 5.86. The molecule has 2 unspecified atom stereocenters. The number of fused-ring (bicyclic) bond motifs is 1. The third kappa shape index (κ3) is 5.37. The maximum Gasteiger partial charge on any atom is 0.433 e. The highest BCUT2D eigenvalue weighted by Gasteiger charge is 2.39. The summed E-state index contributed by atoms with van der Waals surface area (Å²) >= 11 is 0. The maximum atomic E-state index is 13.8. The lowest BCUT2D eigenvalue weighted by molar-refractivity contribution is -0.141. The zero-order chi connectivity index (χ0) is 29.5. The minimum Gasteiger partial charge on any atom is -0.349 e. The fourth-order valence-electron chi connectivity index (χ4n) is 5.44. The summed E-state index contributed by atoms with van der Waals surface area (Å²) in [5.41, 5.74) is 0.453. The van der Waals surface area contributed by atoms with E-state index < -0.39 is 29.4 Å². The lowest BCUT2D eigenvalue weighted by Gasteiger charge is -2.48. The molecule has 0 saturated carbocycles. The number of pyridine rings is 2. The number of halogens is 4. The molecule has 212 valence electrons. The van der Waals surface area contributed by atoms with Crippen molar-refractivity contribution < 1.29 is 17.6 Å². The molecule has 1 aromatic carbocycles. The largest absolute Gasteiger partial charge is 0.433 e. The van der Waals surface area contributed by atoms with Crippen molar-refractivity contribution in [3.63, 3.8) is 0 Å². The summed E-state index contributed by atoms with van der Waals surface area (Å²) in [6, 6.07) is 13.6. The normalized spacial score (nSPS) is 18.8. The van der Waals surface area contributed by atoms with Crippen LogP contribution in [0.5, 0.6) is 0 Å². The molecule has 0 N–H and O–H groups in total. The van der Waals surface area contributed by atoms with Crippen LogP contribution in [0.1, 0.15) is 49.0 Å². The molecule has 1 fully saturated rings. The Balaban J connectivity index is 1.60. The zero-order valence-corrected chi connectivity index (χ0v) is 22.6. The molecule has 1 aliphatic rings. The summed E-state index contributed by atoms with van der Waals surface area (Å²) in [5.74, 6) is -0.101. The number of rotatable bonds is 5. The van der Waals surface area contributed by atoms with Gasteiger partial charge in [-0.15, -0.1) is 0 Å². The van der Waals surface area contributed by atoms with Gasteiger partial charge in [0.2, 0.25) is 0 Å². The van der Waals surface area contributed by atoms with Crippen LogP contribution in [-0.2, 0) is 13.2 Å². The van der Waals surface area contributed by atoms with E-state index >= 15 is 0 Å². The van der Waals surface area contributed by atoms with E-state index in [0.29, 0.717) is 41.9 Å². The van der Waals surface area contributed by atoms with Crippen LogP contribution in [-0.4, -0.2) is 49.6 Å². The van der Waals surface area contributed by atoms with Gasteiger partial charge in [-0.05, 0) is 55.3 Å². The molecule has 1 saturated heterocycles. The first kappa shape index (κ1) is 28.2. The van der Waals surface area contributed by atoms with Gasteiger partial charge in [0.15, 0.2) is 5.82 Å². The van der Waals surface area contributed by atoms with Crippen molar-refractivity contribution in [2.45, 2.75) is 44.6 Å². The number of nitriles is 1.